The molecule has 1 aromatic carbocycles. The van der Waals surface area contributed by atoms with Gasteiger partial charge in [0.15, 0.2) is 5.82 Å². The maximum atomic E-state index is 9.29. The first-order valence-electron chi connectivity index (χ1n) is 5.41. The third-order valence-corrected chi connectivity index (χ3v) is 2.75. The smallest absolute Gasteiger partial charge is 0.155 e. The number of hydrogen-bond acceptors (Lipinski definition) is 5. The second-order valence-corrected chi connectivity index (χ2v) is 3.90. The maximum absolute atomic E-state index is 9.29. The van der Waals surface area contributed by atoms with E-state index in [0.29, 0.717) is 5.82 Å². The van der Waals surface area contributed by atoms with E-state index in [-0.39, 0.29) is 5.75 Å². The van der Waals surface area contributed by atoms with Crippen molar-refractivity contribution in [1.82, 2.24) is 15.2 Å². The molecular weight excluding hydrogens is 228 g/mol. The van der Waals surface area contributed by atoms with Gasteiger partial charge in [-0.25, -0.2) is 0 Å². The molecule has 5 heteroatoms. The number of hydrogen-bond donors (Lipinski definition) is 2. The summed E-state index contributed by atoms with van der Waals surface area (Å²) < 4.78 is 0. The summed E-state index contributed by atoms with van der Waals surface area (Å²) in [5.74, 6) is 0.578. The molecule has 3 rings (SSSR count). The molecular formula is C13H10N4O. The van der Waals surface area contributed by atoms with Crippen molar-refractivity contribution in [2.45, 2.75) is 0 Å². The fourth-order valence-electron chi connectivity index (χ4n) is 1.85. The van der Waals surface area contributed by atoms with Gasteiger partial charge in [0.05, 0.1) is 0 Å². The zero-order valence-electron chi connectivity index (χ0n) is 9.41. The molecule has 0 saturated heterocycles. The lowest BCUT2D eigenvalue weighted by Crippen LogP contribution is -1.97. The number of aromatic hydroxyl groups is 1. The highest BCUT2D eigenvalue weighted by atomic mass is 16.3. The molecule has 3 aromatic rings. The zero-order chi connectivity index (χ0) is 12.5. The van der Waals surface area contributed by atoms with Crippen LogP contribution >= 0.6 is 0 Å². The van der Waals surface area contributed by atoms with Crippen molar-refractivity contribution >= 4 is 16.6 Å². The Kier molecular flexibility index (Phi) is 2.30. The van der Waals surface area contributed by atoms with Gasteiger partial charge in [-0.2, -0.15) is 0 Å². The van der Waals surface area contributed by atoms with Gasteiger partial charge in [0.25, 0.3) is 0 Å². The van der Waals surface area contributed by atoms with Crippen molar-refractivity contribution in [3.05, 3.63) is 42.7 Å². The van der Waals surface area contributed by atoms with Crippen LogP contribution in [-0.2, 0) is 0 Å². The van der Waals surface area contributed by atoms with Gasteiger partial charge >= 0.3 is 0 Å². The zero-order valence-corrected chi connectivity index (χ0v) is 9.41. The van der Waals surface area contributed by atoms with Gasteiger partial charge in [-0.05, 0) is 30.3 Å². The standard InChI is InChI=1S/C13H10N4O/c14-13-11-7-15-6-5-10(11)12(16-17-13)8-1-3-9(18)4-2-8/h1-7,18H,(H2,14,17). The van der Waals surface area contributed by atoms with Gasteiger partial charge in [-0.15, -0.1) is 10.2 Å². The van der Waals surface area contributed by atoms with Gasteiger partial charge in [-0.3, -0.25) is 4.98 Å². The molecule has 0 fully saturated rings. The van der Waals surface area contributed by atoms with E-state index in [2.05, 4.69) is 15.2 Å². The van der Waals surface area contributed by atoms with E-state index < -0.39 is 0 Å². The summed E-state index contributed by atoms with van der Waals surface area (Å²) in [4.78, 5) is 4.03. The van der Waals surface area contributed by atoms with E-state index >= 15 is 0 Å². The van der Waals surface area contributed by atoms with Crippen LogP contribution in [0, 0.1) is 0 Å². The fraction of sp³-hybridized carbons (Fsp3) is 0. The Bertz CT molecular complexity index is 710. The average molecular weight is 238 g/mol. The van der Waals surface area contributed by atoms with Gasteiger partial charge < -0.3 is 10.8 Å². The number of benzene rings is 1. The molecule has 0 aliphatic carbocycles. The van der Waals surface area contributed by atoms with Crippen molar-refractivity contribution in [2.24, 2.45) is 0 Å². The monoisotopic (exact) mass is 238 g/mol. The maximum Gasteiger partial charge on any atom is 0.155 e. The lowest BCUT2D eigenvalue weighted by Gasteiger charge is -2.06. The Hall–Kier alpha value is -2.69. The van der Waals surface area contributed by atoms with E-state index in [1.807, 2.05) is 6.07 Å². The lowest BCUT2D eigenvalue weighted by atomic mass is 10.1. The molecule has 0 amide bonds. The number of nitrogens with two attached hydrogens (primary N) is 1. The topological polar surface area (TPSA) is 84.9 Å². The number of nitrogen functional groups attached to an aromatic ring is 1. The van der Waals surface area contributed by atoms with Crippen LogP contribution in [0.2, 0.25) is 0 Å². The molecule has 0 atom stereocenters. The van der Waals surface area contributed by atoms with Crippen LogP contribution in [0.1, 0.15) is 0 Å². The number of anilines is 1. The molecule has 18 heavy (non-hydrogen) atoms. The molecule has 0 saturated carbocycles. The Morgan fingerprint density at radius 1 is 0.944 bits per heavy atom. The molecule has 3 N–H and O–H groups in total. The summed E-state index contributed by atoms with van der Waals surface area (Å²) in [5, 5.41) is 19.0. The molecule has 0 unspecified atom stereocenters. The highest BCUT2D eigenvalue weighted by Crippen LogP contribution is 2.28. The van der Waals surface area contributed by atoms with Crippen LogP contribution in [0.5, 0.6) is 5.75 Å². The third-order valence-electron chi connectivity index (χ3n) is 2.75. The van der Waals surface area contributed by atoms with E-state index in [4.69, 9.17) is 5.73 Å². The number of aromatic nitrogens is 3. The first kappa shape index (κ1) is 10.5. The predicted molar refractivity (Wildman–Crippen MR) is 68.8 cm³/mol. The molecule has 2 heterocycles. The van der Waals surface area contributed by atoms with Gasteiger partial charge in [-0.1, -0.05) is 0 Å². The van der Waals surface area contributed by atoms with Gasteiger partial charge in [0.2, 0.25) is 0 Å². The van der Waals surface area contributed by atoms with E-state index in [1.54, 1.807) is 36.7 Å². The molecule has 88 valence electrons. The number of pyridine rings is 1. The minimum Gasteiger partial charge on any atom is -0.508 e. The van der Waals surface area contributed by atoms with Gasteiger partial charge in [0.1, 0.15) is 11.4 Å². The molecule has 0 aliphatic heterocycles. The Labute approximate surface area is 103 Å². The number of phenolic OH excluding ortho intramolecular Hbond substituents is 1. The number of nitrogens with zero attached hydrogens (tertiary/aromatic N) is 3. The van der Waals surface area contributed by atoms with Crippen molar-refractivity contribution in [3.63, 3.8) is 0 Å². The Morgan fingerprint density at radius 3 is 2.50 bits per heavy atom. The molecule has 0 spiro atoms. The van der Waals surface area contributed by atoms with E-state index in [0.717, 1.165) is 22.0 Å². The van der Waals surface area contributed by atoms with Gasteiger partial charge in [0, 0.05) is 28.7 Å². The van der Waals surface area contributed by atoms with Crippen LogP contribution in [0.4, 0.5) is 5.82 Å². The number of rotatable bonds is 1. The molecule has 0 bridgehead atoms. The van der Waals surface area contributed by atoms with Crippen molar-refractivity contribution in [1.29, 1.82) is 0 Å². The van der Waals surface area contributed by atoms with Crippen LogP contribution in [-0.4, -0.2) is 20.3 Å². The quantitative estimate of drug-likeness (QED) is 0.677. The van der Waals surface area contributed by atoms with Crippen LogP contribution < -0.4 is 5.73 Å². The minimum atomic E-state index is 0.216. The van der Waals surface area contributed by atoms with Crippen LogP contribution in [0.25, 0.3) is 22.0 Å². The largest absolute Gasteiger partial charge is 0.508 e. The SMILES string of the molecule is Nc1nnc(-c2ccc(O)cc2)c2ccncc12. The molecule has 5 nitrogen and oxygen atoms in total. The highest BCUT2D eigenvalue weighted by Gasteiger charge is 2.09. The first-order valence-corrected chi connectivity index (χ1v) is 5.41. The van der Waals surface area contributed by atoms with Crippen LogP contribution in [0.3, 0.4) is 0 Å². The van der Waals surface area contributed by atoms with Crippen molar-refractivity contribution < 1.29 is 5.11 Å². The highest BCUT2D eigenvalue weighted by molar-refractivity contribution is 5.98. The predicted octanol–water partition coefficient (Wildman–Crippen LogP) is 1.98. The Balaban J connectivity index is 2.30. The molecule has 0 aliphatic rings. The number of phenols is 1. The number of fused-ring (bicyclic) bond motifs is 1. The second-order valence-electron chi connectivity index (χ2n) is 3.90. The van der Waals surface area contributed by atoms with E-state index in [1.165, 1.54) is 0 Å². The van der Waals surface area contributed by atoms with E-state index in [9.17, 15) is 5.11 Å². The summed E-state index contributed by atoms with van der Waals surface area (Å²) in [6.45, 7) is 0. The average Bonchev–Trinajstić information content (AvgIpc) is 2.41. The lowest BCUT2D eigenvalue weighted by molar-refractivity contribution is 0.475. The summed E-state index contributed by atoms with van der Waals surface area (Å²) in [5.41, 5.74) is 7.37. The van der Waals surface area contributed by atoms with Crippen molar-refractivity contribution in [2.75, 3.05) is 5.73 Å². The second kappa shape index (κ2) is 3.96. The summed E-state index contributed by atoms with van der Waals surface area (Å²) in [7, 11) is 0. The summed E-state index contributed by atoms with van der Waals surface area (Å²) in [6.07, 6.45) is 3.36. The summed E-state index contributed by atoms with van der Waals surface area (Å²) >= 11 is 0. The minimum absolute atomic E-state index is 0.216. The first-order chi connectivity index (χ1) is 8.75. The molecule has 2 aromatic heterocycles. The third kappa shape index (κ3) is 1.62. The van der Waals surface area contributed by atoms with Crippen molar-refractivity contribution in [3.8, 4) is 17.0 Å². The Morgan fingerprint density at radius 2 is 1.72 bits per heavy atom. The summed E-state index contributed by atoms with van der Waals surface area (Å²) in [6, 6.07) is 8.65. The normalized spacial score (nSPS) is 10.7. The molecule has 0 radical (unpaired) electrons. The van der Waals surface area contributed by atoms with Crippen LogP contribution in [0.15, 0.2) is 42.7 Å². The fourth-order valence-corrected chi connectivity index (χ4v) is 1.85.